The monoisotopic (exact) mass is 171 g/mol. The van der Waals surface area contributed by atoms with Crippen LogP contribution in [0.2, 0.25) is 0 Å². The van der Waals surface area contributed by atoms with Gasteiger partial charge in [-0.15, -0.1) is 0 Å². The van der Waals surface area contributed by atoms with Crippen LogP contribution in [0.1, 0.15) is 13.3 Å². The Bertz CT molecular complexity index is 172. The molecule has 1 heterocycles. The Morgan fingerprint density at radius 3 is 2.75 bits per heavy atom. The van der Waals surface area contributed by atoms with E-state index < -0.39 is 0 Å². The van der Waals surface area contributed by atoms with E-state index in [9.17, 15) is 4.79 Å². The summed E-state index contributed by atoms with van der Waals surface area (Å²) in [5.74, 6) is 0.248. The summed E-state index contributed by atoms with van der Waals surface area (Å²) < 4.78 is 0. The van der Waals surface area contributed by atoms with Crippen molar-refractivity contribution >= 4 is 5.91 Å². The van der Waals surface area contributed by atoms with Crippen molar-refractivity contribution in [2.75, 3.05) is 19.6 Å². The number of likely N-dealkylation sites (tertiary alicyclic amines) is 1. The number of hydrogen-bond acceptors (Lipinski definition) is 3. The number of hydrogen-bond donors (Lipinski definition) is 2. The first-order chi connectivity index (χ1) is 5.65. The summed E-state index contributed by atoms with van der Waals surface area (Å²) in [6.45, 7) is 4.63. The third-order valence-electron chi connectivity index (χ3n) is 2.41. The maximum atomic E-state index is 10.8. The number of primary amides is 1. The van der Waals surface area contributed by atoms with Gasteiger partial charge >= 0.3 is 0 Å². The molecule has 1 rings (SSSR count). The zero-order valence-corrected chi connectivity index (χ0v) is 7.49. The lowest BCUT2D eigenvalue weighted by molar-refractivity contribution is -0.127. The highest BCUT2D eigenvalue weighted by Crippen LogP contribution is 2.17. The molecule has 12 heavy (non-hydrogen) atoms. The highest BCUT2D eigenvalue weighted by Gasteiger charge is 2.32. The molecule has 4 nitrogen and oxygen atoms in total. The van der Waals surface area contributed by atoms with Gasteiger partial charge in [-0.1, -0.05) is 6.92 Å². The highest BCUT2D eigenvalue weighted by atomic mass is 16.1. The van der Waals surface area contributed by atoms with Crippen molar-refractivity contribution in [1.29, 1.82) is 0 Å². The first kappa shape index (κ1) is 9.48. The van der Waals surface area contributed by atoms with E-state index in [1.165, 1.54) is 0 Å². The summed E-state index contributed by atoms with van der Waals surface area (Å²) in [6, 6.07) is -0.0287. The van der Waals surface area contributed by atoms with Gasteiger partial charge in [-0.05, 0) is 18.9 Å². The van der Waals surface area contributed by atoms with Gasteiger partial charge in [-0.2, -0.15) is 0 Å². The maximum absolute atomic E-state index is 10.8. The molecule has 2 atom stereocenters. The molecule has 2 unspecified atom stereocenters. The van der Waals surface area contributed by atoms with Crippen LogP contribution < -0.4 is 11.5 Å². The van der Waals surface area contributed by atoms with Crippen molar-refractivity contribution in [3.05, 3.63) is 0 Å². The van der Waals surface area contributed by atoms with Gasteiger partial charge in [0.05, 0.1) is 6.04 Å². The smallest absolute Gasteiger partial charge is 0.234 e. The Morgan fingerprint density at radius 1 is 1.75 bits per heavy atom. The lowest BCUT2D eigenvalue weighted by atomic mass is 10.00. The molecule has 0 saturated carbocycles. The fourth-order valence-electron chi connectivity index (χ4n) is 1.46. The minimum Gasteiger partial charge on any atom is -0.368 e. The Labute approximate surface area is 72.9 Å². The molecule has 4 N–H and O–H groups in total. The van der Waals surface area contributed by atoms with E-state index in [0.717, 1.165) is 19.5 Å². The molecule has 0 aromatic rings. The van der Waals surface area contributed by atoms with Gasteiger partial charge in [0.25, 0.3) is 0 Å². The Balaban J connectivity index is 2.29. The largest absolute Gasteiger partial charge is 0.368 e. The second-order valence-corrected chi connectivity index (χ2v) is 3.54. The van der Waals surface area contributed by atoms with Gasteiger partial charge in [0, 0.05) is 13.1 Å². The van der Waals surface area contributed by atoms with Crippen molar-refractivity contribution in [2.45, 2.75) is 19.4 Å². The molecule has 0 radical (unpaired) electrons. The van der Waals surface area contributed by atoms with Crippen molar-refractivity contribution in [2.24, 2.45) is 17.4 Å². The van der Waals surface area contributed by atoms with Gasteiger partial charge in [-0.3, -0.25) is 9.69 Å². The number of amides is 1. The highest BCUT2D eigenvalue weighted by molar-refractivity contribution is 5.80. The molecule has 0 aromatic carbocycles. The molecule has 1 aliphatic rings. The minimum absolute atomic E-state index is 0.0287. The van der Waals surface area contributed by atoms with Crippen LogP contribution >= 0.6 is 0 Å². The van der Waals surface area contributed by atoms with E-state index in [1.54, 1.807) is 0 Å². The molecule has 0 aromatic heterocycles. The van der Waals surface area contributed by atoms with Crippen LogP contribution in [-0.4, -0.2) is 36.5 Å². The molecule has 1 aliphatic heterocycles. The fraction of sp³-hybridized carbons (Fsp3) is 0.875. The third kappa shape index (κ3) is 1.95. The topological polar surface area (TPSA) is 72.3 Å². The summed E-state index contributed by atoms with van der Waals surface area (Å²) in [5.41, 5.74) is 10.7. The SMILES string of the molecule is CC(CN)CN1CCC1C(N)=O. The van der Waals surface area contributed by atoms with Crippen molar-refractivity contribution in [3.8, 4) is 0 Å². The molecule has 0 bridgehead atoms. The number of carbonyl (C=O) groups is 1. The van der Waals surface area contributed by atoms with E-state index >= 15 is 0 Å². The number of rotatable bonds is 4. The van der Waals surface area contributed by atoms with Crippen LogP contribution in [0.5, 0.6) is 0 Å². The maximum Gasteiger partial charge on any atom is 0.234 e. The summed E-state index contributed by atoms with van der Waals surface area (Å²) in [6.07, 6.45) is 0.909. The van der Waals surface area contributed by atoms with Gasteiger partial charge in [-0.25, -0.2) is 0 Å². The Hall–Kier alpha value is -0.610. The second-order valence-electron chi connectivity index (χ2n) is 3.54. The van der Waals surface area contributed by atoms with Crippen LogP contribution in [0.4, 0.5) is 0 Å². The van der Waals surface area contributed by atoms with Crippen LogP contribution in [0.3, 0.4) is 0 Å². The van der Waals surface area contributed by atoms with E-state index in [1.807, 2.05) is 0 Å². The molecular weight excluding hydrogens is 154 g/mol. The first-order valence-electron chi connectivity index (χ1n) is 4.38. The van der Waals surface area contributed by atoms with Crippen LogP contribution in [0.25, 0.3) is 0 Å². The fourth-order valence-corrected chi connectivity index (χ4v) is 1.46. The number of nitrogens with two attached hydrogens (primary N) is 2. The Morgan fingerprint density at radius 2 is 2.42 bits per heavy atom. The van der Waals surface area contributed by atoms with Crippen LogP contribution in [0, 0.1) is 5.92 Å². The molecule has 0 spiro atoms. The summed E-state index contributed by atoms with van der Waals surface area (Å²) in [5, 5.41) is 0. The molecule has 0 aliphatic carbocycles. The standard InChI is InChI=1S/C8H17N3O/c1-6(4-9)5-11-3-2-7(11)8(10)12/h6-7H,2-5,9H2,1H3,(H2,10,12). The molecular formula is C8H17N3O. The number of carbonyl (C=O) groups excluding carboxylic acids is 1. The molecule has 1 amide bonds. The predicted octanol–water partition coefficient (Wildman–Crippen LogP) is -0.859. The van der Waals surface area contributed by atoms with Gasteiger partial charge < -0.3 is 11.5 Å². The molecule has 70 valence electrons. The summed E-state index contributed by atoms with van der Waals surface area (Å²) in [7, 11) is 0. The van der Waals surface area contributed by atoms with Crippen LogP contribution in [0.15, 0.2) is 0 Å². The Kier molecular flexibility index (Phi) is 3.05. The van der Waals surface area contributed by atoms with Crippen molar-refractivity contribution in [1.82, 2.24) is 4.90 Å². The zero-order valence-electron chi connectivity index (χ0n) is 7.49. The van der Waals surface area contributed by atoms with Gasteiger partial charge in [0.15, 0.2) is 0 Å². The van der Waals surface area contributed by atoms with E-state index in [-0.39, 0.29) is 11.9 Å². The molecule has 1 saturated heterocycles. The van der Waals surface area contributed by atoms with Crippen molar-refractivity contribution in [3.63, 3.8) is 0 Å². The predicted molar refractivity (Wildman–Crippen MR) is 47.4 cm³/mol. The number of nitrogens with zero attached hydrogens (tertiary/aromatic N) is 1. The summed E-state index contributed by atoms with van der Waals surface area (Å²) in [4.78, 5) is 12.9. The van der Waals surface area contributed by atoms with Crippen molar-refractivity contribution < 1.29 is 4.79 Å². The third-order valence-corrected chi connectivity index (χ3v) is 2.41. The normalized spacial score (nSPS) is 26.3. The molecule has 1 fully saturated rings. The van der Waals surface area contributed by atoms with E-state index in [2.05, 4.69) is 11.8 Å². The van der Waals surface area contributed by atoms with Gasteiger partial charge in [0.2, 0.25) is 5.91 Å². The average Bonchev–Trinajstić information content (AvgIpc) is 1.96. The quantitative estimate of drug-likeness (QED) is 0.578. The lowest BCUT2D eigenvalue weighted by Crippen LogP contribution is -2.56. The minimum atomic E-state index is -0.203. The van der Waals surface area contributed by atoms with E-state index in [0.29, 0.717) is 12.5 Å². The first-order valence-corrected chi connectivity index (χ1v) is 4.38. The van der Waals surface area contributed by atoms with Gasteiger partial charge in [0.1, 0.15) is 0 Å². The summed E-state index contributed by atoms with van der Waals surface area (Å²) >= 11 is 0. The van der Waals surface area contributed by atoms with Crippen LogP contribution in [-0.2, 0) is 4.79 Å². The average molecular weight is 171 g/mol. The zero-order chi connectivity index (χ0) is 9.14. The second kappa shape index (κ2) is 3.87. The van der Waals surface area contributed by atoms with E-state index in [4.69, 9.17) is 11.5 Å². The molecule has 4 heteroatoms. The lowest BCUT2D eigenvalue weighted by Gasteiger charge is -2.40.